The van der Waals surface area contributed by atoms with E-state index >= 15 is 0 Å². The SMILES string of the molecule is C/C(N)=C(\COc1ccc(N2CC(=O)NC(=O)C2)nn1)N(N)c1ccc(C(F)F)cc1. The maximum Gasteiger partial charge on any atom is 0.263 e. The fourth-order valence-corrected chi connectivity index (χ4v) is 2.81. The average molecular weight is 433 g/mol. The average Bonchev–Trinajstić information content (AvgIpc) is 2.73. The molecule has 5 N–H and O–H groups in total. The summed E-state index contributed by atoms with van der Waals surface area (Å²) in [5, 5.41) is 11.4. The van der Waals surface area contributed by atoms with Gasteiger partial charge in [-0.2, -0.15) is 0 Å². The number of allylic oxidation sites excluding steroid dienone is 1. The molecule has 12 heteroatoms. The highest BCUT2D eigenvalue weighted by Crippen LogP contribution is 2.24. The van der Waals surface area contributed by atoms with E-state index in [1.165, 1.54) is 40.2 Å². The summed E-state index contributed by atoms with van der Waals surface area (Å²) in [6.45, 7) is 1.55. The van der Waals surface area contributed by atoms with E-state index in [1.807, 2.05) is 0 Å². The van der Waals surface area contributed by atoms with Crippen molar-refractivity contribution in [3.63, 3.8) is 0 Å². The molecule has 1 aliphatic rings. The number of aromatic nitrogens is 2. The van der Waals surface area contributed by atoms with Gasteiger partial charge < -0.3 is 15.4 Å². The standard InChI is InChI=1S/C19H21F2N7O3/c1-11(22)14(28(23)13-4-2-12(3-5-13)19(20)21)10-31-18-7-6-15(25-26-18)27-8-16(29)24-17(30)9-27/h2-7,19H,8-10,22-23H2,1H3,(H,24,29,30)/b14-11-. The van der Waals surface area contributed by atoms with Crippen LogP contribution in [-0.4, -0.2) is 41.7 Å². The number of amides is 2. The number of anilines is 2. The molecule has 0 aliphatic carbocycles. The number of carbonyl (C=O) groups is 2. The van der Waals surface area contributed by atoms with Gasteiger partial charge in [0.05, 0.1) is 24.5 Å². The summed E-state index contributed by atoms with van der Waals surface area (Å²) in [5.74, 6) is 5.76. The van der Waals surface area contributed by atoms with E-state index < -0.39 is 18.2 Å². The lowest BCUT2D eigenvalue weighted by Gasteiger charge is -2.26. The summed E-state index contributed by atoms with van der Waals surface area (Å²) < 4.78 is 31.1. The number of rotatable bonds is 7. The number of alkyl halides is 2. The van der Waals surface area contributed by atoms with Crippen LogP contribution < -0.4 is 31.5 Å². The molecule has 0 radical (unpaired) electrons. The number of hydrogen-bond donors (Lipinski definition) is 3. The van der Waals surface area contributed by atoms with Gasteiger partial charge in [0.15, 0.2) is 5.82 Å². The third-order valence-electron chi connectivity index (χ3n) is 4.42. The number of piperazine rings is 1. The fourth-order valence-electron chi connectivity index (χ4n) is 2.81. The van der Waals surface area contributed by atoms with Gasteiger partial charge in [0.25, 0.3) is 6.43 Å². The number of nitrogens with zero attached hydrogens (tertiary/aromatic N) is 4. The van der Waals surface area contributed by atoms with E-state index in [0.717, 1.165) is 0 Å². The van der Waals surface area contributed by atoms with Gasteiger partial charge in [0.2, 0.25) is 17.7 Å². The Kier molecular flexibility index (Phi) is 6.60. The van der Waals surface area contributed by atoms with Gasteiger partial charge in [0, 0.05) is 17.3 Å². The normalized spacial score (nSPS) is 14.9. The number of carbonyl (C=O) groups excluding carboxylic acids is 2. The molecule has 1 saturated heterocycles. The molecule has 2 amide bonds. The molecular formula is C19H21F2N7O3. The van der Waals surface area contributed by atoms with Crippen LogP contribution in [0.5, 0.6) is 5.88 Å². The number of nitrogens with two attached hydrogens (primary N) is 2. The van der Waals surface area contributed by atoms with Crippen molar-refractivity contribution in [2.45, 2.75) is 13.3 Å². The minimum absolute atomic E-state index is 0.00758. The second-order valence-corrected chi connectivity index (χ2v) is 6.74. The Balaban J connectivity index is 1.65. The first-order valence-electron chi connectivity index (χ1n) is 9.17. The summed E-state index contributed by atoms with van der Waals surface area (Å²) in [7, 11) is 0. The molecule has 164 valence electrons. The first kappa shape index (κ1) is 21.9. The topological polar surface area (TPSA) is 140 Å². The second-order valence-electron chi connectivity index (χ2n) is 6.74. The maximum atomic E-state index is 12.7. The van der Waals surface area contributed by atoms with Crippen LogP contribution in [0, 0.1) is 0 Å². The lowest BCUT2D eigenvalue weighted by atomic mass is 10.2. The smallest absolute Gasteiger partial charge is 0.263 e. The van der Waals surface area contributed by atoms with E-state index in [-0.39, 0.29) is 31.1 Å². The van der Waals surface area contributed by atoms with Gasteiger partial charge in [-0.3, -0.25) is 19.9 Å². The number of benzene rings is 1. The summed E-state index contributed by atoms with van der Waals surface area (Å²) in [5.41, 5.74) is 7.00. The highest BCUT2D eigenvalue weighted by Gasteiger charge is 2.23. The number of hydrazine groups is 1. The van der Waals surface area contributed by atoms with Crippen molar-refractivity contribution < 1.29 is 23.1 Å². The molecule has 1 aromatic heterocycles. The van der Waals surface area contributed by atoms with Crippen LogP contribution in [0.15, 0.2) is 47.8 Å². The Labute approximate surface area is 176 Å². The highest BCUT2D eigenvalue weighted by atomic mass is 19.3. The van der Waals surface area contributed by atoms with E-state index in [4.69, 9.17) is 16.3 Å². The first-order valence-corrected chi connectivity index (χ1v) is 9.17. The van der Waals surface area contributed by atoms with Gasteiger partial charge in [0.1, 0.15) is 6.61 Å². The molecule has 2 aromatic rings. The van der Waals surface area contributed by atoms with Crippen LogP contribution in [0.4, 0.5) is 20.3 Å². The number of halogens is 2. The van der Waals surface area contributed by atoms with E-state index in [9.17, 15) is 18.4 Å². The summed E-state index contributed by atoms with van der Waals surface area (Å²) in [4.78, 5) is 24.4. The molecule has 2 heterocycles. The van der Waals surface area contributed by atoms with Crippen LogP contribution in [0.25, 0.3) is 0 Å². The van der Waals surface area contributed by atoms with Crippen LogP contribution in [0.1, 0.15) is 18.9 Å². The molecule has 0 saturated carbocycles. The molecule has 3 rings (SSSR count). The molecule has 0 unspecified atom stereocenters. The summed E-state index contributed by atoms with van der Waals surface area (Å²) in [6.07, 6.45) is -2.58. The zero-order valence-corrected chi connectivity index (χ0v) is 16.6. The zero-order chi connectivity index (χ0) is 22.5. The molecule has 1 aromatic carbocycles. The van der Waals surface area contributed by atoms with Crippen LogP contribution in [0.3, 0.4) is 0 Å². The predicted molar refractivity (Wildman–Crippen MR) is 108 cm³/mol. The summed E-state index contributed by atoms with van der Waals surface area (Å²) in [6, 6.07) is 8.56. The zero-order valence-electron chi connectivity index (χ0n) is 16.6. The molecule has 31 heavy (non-hydrogen) atoms. The minimum atomic E-state index is -2.58. The molecule has 1 fully saturated rings. The largest absolute Gasteiger partial charge is 0.470 e. The van der Waals surface area contributed by atoms with Crippen LogP contribution >= 0.6 is 0 Å². The number of hydrogen-bond acceptors (Lipinski definition) is 9. The third-order valence-corrected chi connectivity index (χ3v) is 4.42. The third kappa shape index (κ3) is 5.42. The van der Waals surface area contributed by atoms with Crippen molar-refractivity contribution in [2.24, 2.45) is 11.6 Å². The Morgan fingerprint density at radius 3 is 2.32 bits per heavy atom. The van der Waals surface area contributed by atoms with E-state index in [1.54, 1.807) is 13.0 Å². The van der Waals surface area contributed by atoms with Crippen molar-refractivity contribution >= 4 is 23.3 Å². The van der Waals surface area contributed by atoms with Crippen molar-refractivity contribution in [3.8, 4) is 5.88 Å². The van der Waals surface area contributed by atoms with Gasteiger partial charge >= 0.3 is 0 Å². The van der Waals surface area contributed by atoms with Crippen molar-refractivity contribution in [1.82, 2.24) is 15.5 Å². The number of imide groups is 1. The van der Waals surface area contributed by atoms with Crippen molar-refractivity contribution in [2.75, 3.05) is 29.6 Å². The van der Waals surface area contributed by atoms with E-state index in [2.05, 4.69) is 15.5 Å². The quantitative estimate of drug-likeness (QED) is 0.329. The molecule has 10 nitrogen and oxygen atoms in total. The predicted octanol–water partition coefficient (Wildman–Crippen LogP) is 0.826. The monoisotopic (exact) mass is 433 g/mol. The molecule has 0 atom stereocenters. The maximum absolute atomic E-state index is 12.7. The highest BCUT2D eigenvalue weighted by molar-refractivity contribution is 6.02. The lowest BCUT2D eigenvalue weighted by molar-refractivity contribution is -0.130. The van der Waals surface area contributed by atoms with Crippen molar-refractivity contribution in [3.05, 3.63) is 53.4 Å². The minimum Gasteiger partial charge on any atom is -0.470 e. The number of ether oxygens (including phenoxy) is 1. The summed E-state index contributed by atoms with van der Waals surface area (Å²) >= 11 is 0. The lowest BCUT2D eigenvalue weighted by Crippen LogP contribution is -2.51. The molecule has 1 aliphatic heterocycles. The Morgan fingerprint density at radius 2 is 1.81 bits per heavy atom. The molecular weight excluding hydrogens is 412 g/mol. The Bertz CT molecular complexity index is 961. The first-order chi connectivity index (χ1) is 14.7. The number of nitrogens with one attached hydrogen (secondary N) is 1. The van der Waals surface area contributed by atoms with Gasteiger partial charge in [-0.25, -0.2) is 14.6 Å². The molecule has 0 bridgehead atoms. The Hall–Kier alpha value is -3.80. The molecule has 0 spiro atoms. The Morgan fingerprint density at radius 1 is 1.16 bits per heavy atom. The van der Waals surface area contributed by atoms with Gasteiger partial charge in [-0.05, 0) is 25.1 Å². The fraction of sp³-hybridized carbons (Fsp3) is 0.263. The van der Waals surface area contributed by atoms with Gasteiger partial charge in [-0.1, -0.05) is 12.1 Å². The van der Waals surface area contributed by atoms with Crippen molar-refractivity contribution in [1.29, 1.82) is 0 Å². The van der Waals surface area contributed by atoms with Crippen LogP contribution in [0.2, 0.25) is 0 Å². The van der Waals surface area contributed by atoms with E-state index in [0.29, 0.717) is 22.9 Å². The van der Waals surface area contributed by atoms with Crippen LogP contribution in [-0.2, 0) is 9.59 Å². The second kappa shape index (κ2) is 9.34. The van der Waals surface area contributed by atoms with Gasteiger partial charge in [-0.15, -0.1) is 10.2 Å².